The third kappa shape index (κ3) is 5.39. The van der Waals surface area contributed by atoms with Crippen molar-refractivity contribution in [1.82, 2.24) is 14.9 Å². The van der Waals surface area contributed by atoms with Gasteiger partial charge < -0.3 is 5.11 Å². The summed E-state index contributed by atoms with van der Waals surface area (Å²) in [5, 5.41) is 14.8. The summed E-state index contributed by atoms with van der Waals surface area (Å²) in [7, 11) is -3.62. The van der Waals surface area contributed by atoms with E-state index < -0.39 is 16.0 Å². The summed E-state index contributed by atoms with van der Waals surface area (Å²) in [5.74, 6) is -0.838. The highest BCUT2D eigenvalue weighted by Gasteiger charge is 2.20. The molecule has 8 heteroatoms. The summed E-state index contributed by atoms with van der Waals surface area (Å²) < 4.78 is 26.1. The number of carbonyl (C=O) groups is 1. The van der Waals surface area contributed by atoms with Crippen molar-refractivity contribution >= 4 is 16.0 Å². The number of aliphatic carboxylic acids is 1. The summed E-state index contributed by atoms with van der Waals surface area (Å²) >= 11 is 0. The van der Waals surface area contributed by atoms with Crippen LogP contribution in [0.5, 0.6) is 0 Å². The van der Waals surface area contributed by atoms with Gasteiger partial charge in [0.25, 0.3) is 0 Å². The summed E-state index contributed by atoms with van der Waals surface area (Å²) in [5.41, 5.74) is 0. The van der Waals surface area contributed by atoms with E-state index in [9.17, 15) is 13.2 Å². The number of nitrogens with zero attached hydrogens (tertiary/aromatic N) is 1. The smallest absolute Gasteiger partial charge is 0.303 e. The van der Waals surface area contributed by atoms with Gasteiger partial charge in [0.15, 0.2) is 0 Å². The van der Waals surface area contributed by atoms with Crippen LogP contribution in [0, 0.1) is 11.8 Å². The Kier molecular flexibility index (Phi) is 5.49. The van der Waals surface area contributed by atoms with Crippen LogP contribution in [0.25, 0.3) is 0 Å². The molecule has 0 fully saturated rings. The maximum absolute atomic E-state index is 11.9. The molecule has 1 aromatic heterocycles. The summed E-state index contributed by atoms with van der Waals surface area (Å²) in [4.78, 5) is 10.8. The first-order valence-electron chi connectivity index (χ1n) is 6.01. The van der Waals surface area contributed by atoms with E-state index >= 15 is 0 Å². The third-order valence-electron chi connectivity index (χ3n) is 2.61. The van der Waals surface area contributed by atoms with Crippen LogP contribution in [0.3, 0.4) is 0 Å². The van der Waals surface area contributed by atoms with Crippen LogP contribution in [0.15, 0.2) is 17.3 Å². The molecule has 108 valence electrons. The van der Waals surface area contributed by atoms with Crippen molar-refractivity contribution in [2.75, 3.05) is 6.54 Å². The number of aromatic amines is 1. The second-order valence-electron chi connectivity index (χ2n) is 4.88. The maximum Gasteiger partial charge on any atom is 0.303 e. The van der Waals surface area contributed by atoms with Crippen molar-refractivity contribution in [3.63, 3.8) is 0 Å². The third-order valence-corrected chi connectivity index (χ3v) is 4.00. The number of carboxylic acid groups (broad SMARTS) is 1. The van der Waals surface area contributed by atoms with E-state index in [4.69, 9.17) is 5.11 Å². The van der Waals surface area contributed by atoms with Gasteiger partial charge in [0, 0.05) is 19.2 Å². The molecule has 19 heavy (non-hydrogen) atoms. The Morgan fingerprint density at radius 3 is 2.68 bits per heavy atom. The summed E-state index contributed by atoms with van der Waals surface area (Å²) in [6.45, 7) is 4.05. The SMILES string of the molecule is CC(C)C[C@H](CNS(=O)(=O)c1cn[nH]c1)CC(=O)O. The molecule has 0 aliphatic heterocycles. The van der Waals surface area contributed by atoms with Gasteiger partial charge in [-0.2, -0.15) is 5.10 Å². The Balaban J connectivity index is 2.63. The molecule has 0 unspecified atom stereocenters. The molecule has 1 rings (SSSR count). The van der Waals surface area contributed by atoms with Gasteiger partial charge in [-0.1, -0.05) is 13.8 Å². The molecule has 7 nitrogen and oxygen atoms in total. The molecule has 0 saturated carbocycles. The Labute approximate surface area is 112 Å². The number of H-pyrrole nitrogens is 1. The lowest BCUT2D eigenvalue weighted by atomic mass is 9.94. The Hall–Kier alpha value is -1.41. The van der Waals surface area contributed by atoms with Crippen molar-refractivity contribution in [1.29, 1.82) is 0 Å². The molecular weight excluding hydrogens is 270 g/mol. The minimum atomic E-state index is -3.62. The van der Waals surface area contributed by atoms with Crippen molar-refractivity contribution < 1.29 is 18.3 Å². The molecule has 1 atom stereocenters. The molecule has 3 N–H and O–H groups in total. The van der Waals surface area contributed by atoms with Crippen LogP contribution in [0.4, 0.5) is 0 Å². The fourth-order valence-corrected chi connectivity index (χ4v) is 2.87. The molecule has 0 radical (unpaired) electrons. The van der Waals surface area contributed by atoms with Crippen molar-refractivity contribution in [3.8, 4) is 0 Å². The lowest BCUT2D eigenvalue weighted by Gasteiger charge is -2.17. The second kappa shape index (κ2) is 6.67. The van der Waals surface area contributed by atoms with E-state index in [-0.39, 0.29) is 23.8 Å². The van der Waals surface area contributed by atoms with Gasteiger partial charge in [-0.25, -0.2) is 13.1 Å². The van der Waals surface area contributed by atoms with Gasteiger partial charge in [0.1, 0.15) is 4.90 Å². The minimum absolute atomic E-state index is 0.0473. The Morgan fingerprint density at radius 1 is 1.53 bits per heavy atom. The largest absolute Gasteiger partial charge is 0.481 e. The van der Waals surface area contributed by atoms with Crippen LogP contribution in [-0.4, -0.2) is 36.2 Å². The average molecular weight is 289 g/mol. The lowest BCUT2D eigenvalue weighted by molar-refractivity contribution is -0.138. The Morgan fingerprint density at radius 2 is 2.21 bits per heavy atom. The molecule has 1 heterocycles. The summed E-state index contributed by atoms with van der Waals surface area (Å²) in [6, 6.07) is 0. The predicted octanol–water partition coefficient (Wildman–Crippen LogP) is 0.825. The highest BCUT2D eigenvalue weighted by Crippen LogP contribution is 2.16. The molecular formula is C11H19N3O4S. The fraction of sp³-hybridized carbons (Fsp3) is 0.636. The molecule has 0 bridgehead atoms. The van der Waals surface area contributed by atoms with E-state index in [2.05, 4.69) is 14.9 Å². The van der Waals surface area contributed by atoms with E-state index in [0.717, 1.165) is 0 Å². The summed E-state index contributed by atoms with van der Waals surface area (Å²) in [6.07, 6.45) is 3.08. The van der Waals surface area contributed by atoms with Gasteiger partial charge in [-0.15, -0.1) is 0 Å². The highest BCUT2D eigenvalue weighted by atomic mass is 32.2. The van der Waals surface area contributed by atoms with E-state index in [0.29, 0.717) is 12.3 Å². The first-order chi connectivity index (χ1) is 8.81. The lowest BCUT2D eigenvalue weighted by Crippen LogP contribution is -2.31. The molecule has 0 spiro atoms. The van der Waals surface area contributed by atoms with Crippen LogP contribution >= 0.6 is 0 Å². The quantitative estimate of drug-likeness (QED) is 0.656. The molecule has 0 aliphatic rings. The number of hydrogen-bond donors (Lipinski definition) is 3. The molecule has 0 amide bonds. The second-order valence-corrected chi connectivity index (χ2v) is 6.65. The van der Waals surface area contributed by atoms with Gasteiger partial charge in [-0.05, 0) is 18.3 Å². The maximum atomic E-state index is 11.9. The topological polar surface area (TPSA) is 112 Å². The molecule has 0 aliphatic carbocycles. The predicted molar refractivity (Wildman–Crippen MR) is 69.0 cm³/mol. The molecule has 0 aromatic carbocycles. The van der Waals surface area contributed by atoms with Crippen LogP contribution in [0.2, 0.25) is 0 Å². The van der Waals surface area contributed by atoms with Gasteiger partial charge in [0.05, 0.1) is 6.20 Å². The van der Waals surface area contributed by atoms with Gasteiger partial charge in [-0.3, -0.25) is 9.89 Å². The monoisotopic (exact) mass is 289 g/mol. The first kappa shape index (κ1) is 15.6. The number of carboxylic acids is 1. The van der Waals surface area contributed by atoms with Crippen LogP contribution in [-0.2, 0) is 14.8 Å². The van der Waals surface area contributed by atoms with Gasteiger partial charge >= 0.3 is 5.97 Å². The highest BCUT2D eigenvalue weighted by molar-refractivity contribution is 7.89. The molecule has 0 saturated heterocycles. The van der Waals surface area contributed by atoms with Crippen LogP contribution < -0.4 is 4.72 Å². The fourth-order valence-electron chi connectivity index (χ4n) is 1.85. The van der Waals surface area contributed by atoms with Crippen molar-refractivity contribution in [2.45, 2.75) is 31.6 Å². The van der Waals surface area contributed by atoms with Gasteiger partial charge in [0.2, 0.25) is 10.0 Å². The number of sulfonamides is 1. The zero-order valence-electron chi connectivity index (χ0n) is 11.0. The first-order valence-corrected chi connectivity index (χ1v) is 7.50. The standard InChI is InChI=1S/C11H19N3O4S/c1-8(2)3-9(4-11(15)16)5-14-19(17,18)10-6-12-13-7-10/h6-9,14H,3-5H2,1-2H3,(H,12,13)(H,15,16)/t9-/m0/s1. The Bertz CT molecular complexity index is 496. The normalized spacial score (nSPS) is 13.6. The van der Waals surface area contributed by atoms with Crippen molar-refractivity contribution in [3.05, 3.63) is 12.4 Å². The van der Waals surface area contributed by atoms with E-state index in [1.165, 1.54) is 12.4 Å². The number of rotatable bonds is 8. The minimum Gasteiger partial charge on any atom is -0.481 e. The molecule has 1 aromatic rings. The van der Waals surface area contributed by atoms with Crippen molar-refractivity contribution in [2.24, 2.45) is 11.8 Å². The zero-order chi connectivity index (χ0) is 14.5. The number of aromatic nitrogens is 2. The van der Waals surface area contributed by atoms with E-state index in [1.807, 2.05) is 13.8 Å². The average Bonchev–Trinajstić information content (AvgIpc) is 2.78. The zero-order valence-corrected chi connectivity index (χ0v) is 11.8. The number of hydrogen-bond acceptors (Lipinski definition) is 4. The van der Waals surface area contributed by atoms with E-state index in [1.54, 1.807) is 0 Å². The number of nitrogens with one attached hydrogen (secondary N) is 2. The van der Waals surface area contributed by atoms with Crippen LogP contribution in [0.1, 0.15) is 26.7 Å².